The van der Waals surface area contributed by atoms with Crippen LogP contribution in [0.3, 0.4) is 0 Å². The van der Waals surface area contributed by atoms with Crippen LogP contribution in [0.2, 0.25) is 0 Å². The third-order valence-corrected chi connectivity index (χ3v) is 4.69. The van der Waals surface area contributed by atoms with Crippen LogP contribution < -0.4 is 10.6 Å². The maximum absolute atomic E-state index is 5.44. The number of pyridine rings is 1. The van der Waals surface area contributed by atoms with Crippen molar-refractivity contribution in [3.05, 3.63) is 59.1 Å². The molecule has 3 aromatic heterocycles. The molecule has 0 fully saturated rings. The van der Waals surface area contributed by atoms with E-state index in [1.54, 1.807) is 6.20 Å². The summed E-state index contributed by atoms with van der Waals surface area (Å²) in [4.78, 5) is 13.5. The van der Waals surface area contributed by atoms with E-state index >= 15 is 0 Å². The zero-order chi connectivity index (χ0) is 20.6. The van der Waals surface area contributed by atoms with Crippen molar-refractivity contribution in [2.75, 3.05) is 6.54 Å². The van der Waals surface area contributed by atoms with Crippen molar-refractivity contribution in [2.45, 2.75) is 53.6 Å². The lowest BCUT2D eigenvalue weighted by Crippen LogP contribution is -2.37. The molecule has 0 aliphatic carbocycles. The van der Waals surface area contributed by atoms with Crippen LogP contribution in [0.25, 0.3) is 5.82 Å². The predicted molar refractivity (Wildman–Crippen MR) is 113 cm³/mol. The van der Waals surface area contributed by atoms with Gasteiger partial charge in [0.1, 0.15) is 17.4 Å². The van der Waals surface area contributed by atoms with Gasteiger partial charge in [0.25, 0.3) is 0 Å². The number of aliphatic imine (C=N–C) groups is 1. The van der Waals surface area contributed by atoms with Gasteiger partial charge in [-0.25, -0.2) is 15.0 Å². The summed E-state index contributed by atoms with van der Waals surface area (Å²) in [6.07, 6.45) is 7.20. The molecular formula is C21H29N7O. The lowest BCUT2D eigenvalue weighted by Gasteiger charge is -2.12. The number of imidazole rings is 1. The summed E-state index contributed by atoms with van der Waals surface area (Å²) >= 11 is 0. The molecule has 154 valence electrons. The van der Waals surface area contributed by atoms with Crippen LogP contribution in [0.1, 0.15) is 49.2 Å². The van der Waals surface area contributed by atoms with E-state index in [-0.39, 0.29) is 0 Å². The van der Waals surface area contributed by atoms with Crippen LogP contribution in [0.15, 0.2) is 40.2 Å². The van der Waals surface area contributed by atoms with Crippen LogP contribution in [0, 0.1) is 6.92 Å². The van der Waals surface area contributed by atoms with E-state index in [0.29, 0.717) is 13.1 Å². The van der Waals surface area contributed by atoms with Gasteiger partial charge in [-0.3, -0.25) is 4.57 Å². The summed E-state index contributed by atoms with van der Waals surface area (Å²) in [5.74, 6) is 3.45. The fourth-order valence-corrected chi connectivity index (χ4v) is 3.09. The first kappa shape index (κ1) is 20.6. The first-order valence-electron chi connectivity index (χ1n) is 10.1. The maximum atomic E-state index is 5.44. The topological polar surface area (TPSA) is 93.2 Å². The molecule has 0 atom stereocenters. The summed E-state index contributed by atoms with van der Waals surface area (Å²) in [6, 6.07) is 4.03. The first-order valence-corrected chi connectivity index (χ1v) is 10.1. The second kappa shape index (κ2) is 9.86. The van der Waals surface area contributed by atoms with Crippen molar-refractivity contribution in [3.8, 4) is 5.82 Å². The predicted octanol–water partition coefficient (Wildman–Crippen LogP) is 2.94. The summed E-state index contributed by atoms with van der Waals surface area (Å²) in [6.45, 7) is 10.1. The van der Waals surface area contributed by atoms with Crippen LogP contribution in [-0.2, 0) is 25.9 Å². The zero-order valence-corrected chi connectivity index (χ0v) is 17.6. The Balaban J connectivity index is 1.66. The molecule has 0 aromatic carbocycles. The fourth-order valence-electron chi connectivity index (χ4n) is 3.09. The van der Waals surface area contributed by atoms with E-state index in [0.717, 1.165) is 59.6 Å². The molecule has 0 unspecified atom stereocenters. The molecule has 2 N–H and O–H groups in total. The molecule has 0 aliphatic rings. The van der Waals surface area contributed by atoms with Gasteiger partial charge in [-0.2, -0.15) is 0 Å². The highest BCUT2D eigenvalue weighted by Gasteiger charge is 2.13. The average molecular weight is 396 g/mol. The lowest BCUT2D eigenvalue weighted by atomic mass is 10.1. The zero-order valence-electron chi connectivity index (χ0n) is 17.6. The van der Waals surface area contributed by atoms with Gasteiger partial charge in [0, 0.05) is 43.7 Å². The number of guanidine groups is 1. The molecule has 3 heterocycles. The van der Waals surface area contributed by atoms with Crippen LogP contribution >= 0.6 is 0 Å². The highest BCUT2D eigenvalue weighted by atomic mass is 16.5. The number of hydrogen-bond donors (Lipinski definition) is 2. The Bertz CT molecular complexity index is 919. The summed E-state index contributed by atoms with van der Waals surface area (Å²) in [7, 11) is 0. The molecule has 0 spiro atoms. The minimum atomic E-state index is 0.538. The molecule has 0 saturated carbocycles. The van der Waals surface area contributed by atoms with E-state index in [1.807, 2.05) is 36.0 Å². The maximum Gasteiger partial charge on any atom is 0.191 e. The SMILES string of the molecule is CCNC(=NCc1ccc(-n2ccnc2C)nc1)NCc1c(CC)noc1CC. The molecule has 0 amide bonds. The average Bonchev–Trinajstić information content (AvgIpc) is 3.35. The van der Waals surface area contributed by atoms with Gasteiger partial charge in [0.2, 0.25) is 0 Å². The number of aryl methyl sites for hydroxylation is 3. The van der Waals surface area contributed by atoms with Crippen LogP contribution in [0.4, 0.5) is 0 Å². The molecule has 8 nitrogen and oxygen atoms in total. The van der Waals surface area contributed by atoms with Gasteiger partial charge in [0.15, 0.2) is 5.96 Å². The van der Waals surface area contributed by atoms with Crippen molar-refractivity contribution in [3.63, 3.8) is 0 Å². The molecule has 0 aliphatic heterocycles. The van der Waals surface area contributed by atoms with E-state index in [1.165, 1.54) is 0 Å². The van der Waals surface area contributed by atoms with Crippen molar-refractivity contribution in [2.24, 2.45) is 4.99 Å². The van der Waals surface area contributed by atoms with Gasteiger partial charge in [0.05, 0.1) is 12.2 Å². The fraction of sp³-hybridized carbons (Fsp3) is 0.429. The van der Waals surface area contributed by atoms with E-state index in [4.69, 9.17) is 4.52 Å². The molecule has 3 aromatic rings. The Kier molecular flexibility index (Phi) is 6.99. The molecule has 0 saturated heterocycles. The van der Waals surface area contributed by atoms with Crippen molar-refractivity contribution >= 4 is 5.96 Å². The molecule has 3 rings (SSSR count). The normalized spacial score (nSPS) is 11.7. The number of rotatable bonds is 8. The quantitative estimate of drug-likeness (QED) is 0.450. The lowest BCUT2D eigenvalue weighted by molar-refractivity contribution is 0.380. The number of aromatic nitrogens is 4. The minimum absolute atomic E-state index is 0.538. The van der Waals surface area contributed by atoms with E-state index in [2.05, 4.69) is 51.5 Å². The summed E-state index contributed by atoms with van der Waals surface area (Å²) < 4.78 is 7.40. The molecule has 0 bridgehead atoms. The summed E-state index contributed by atoms with van der Waals surface area (Å²) in [5.41, 5.74) is 3.17. The molecule has 29 heavy (non-hydrogen) atoms. The van der Waals surface area contributed by atoms with Crippen molar-refractivity contribution < 1.29 is 4.52 Å². The highest BCUT2D eigenvalue weighted by Crippen LogP contribution is 2.15. The smallest absolute Gasteiger partial charge is 0.191 e. The van der Waals surface area contributed by atoms with Crippen LogP contribution in [-0.4, -0.2) is 32.2 Å². The molecular weight excluding hydrogens is 366 g/mol. The highest BCUT2D eigenvalue weighted by molar-refractivity contribution is 5.79. The number of nitrogens with one attached hydrogen (secondary N) is 2. The van der Waals surface area contributed by atoms with Gasteiger partial charge in [-0.15, -0.1) is 0 Å². The Morgan fingerprint density at radius 1 is 1.14 bits per heavy atom. The Labute approximate surface area is 171 Å². The standard InChI is InChI=1S/C21H29N7O/c1-5-18-17(19(6-2)29-27-18)14-26-21(22-7-3)25-13-16-8-9-20(24-12-16)28-11-10-23-15(28)4/h8-12H,5-7,13-14H2,1-4H3,(H2,22,25,26). The molecule has 8 heteroatoms. The minimum Gasteiger partial charge on any atom is -0.361 e. The van der Waals surface area contributed by atoms with Gasteiger partial charge >= 0.3 is 0 Å². The number of hydrogen-bond acceptors (Lipinski definition) is 5. The first-order chi connectivity index (χ1) is 14.2. The third kappa shape index (κ3) is 5.01. The monoisotopic (exact) mass is 395 g/mol. The largest absolute Gasteiger partial charge is 0.361 e. The Morgan fingerprint density at radius 3 is 2.62 bits per heavy atom. The van der Waals surface area contributed by atoms with E-state index < -0.39 is 0 Å². The summed E-state index contributed by atoms with van der Waals surface area (Å²) in [5, 5.41) is 10.8. The third-order valence-electron chi connectivity index (χ3n) is 4.69. The van der Waals surface area contributed by atoms with Crippen molar-refractivity contribution in [1.29, 1.82) is 0 Å². The number of nitrogens with zero attached hydrogens (tertiary/aromatic N) is 5. The van der Waals surface area contributed by atoms with E-state index in [9.17, 15) is 0 Å². The molecule has 0 radical (unpaired) electrons. The van der Waals surface area contributed by atoms with Gasteiger partial charge < -0.3 is 15.2 Å². The second-order valence-corrected chi connectivity index (χ2v) is 6.66. The van der Waals surface area contributed by atoms with Crippen molar-refractivity contribution in [1.82, 2.24) is 30.3 Å². The second-order valence-electron chi connectivity index (χ2n) is 6.66. The van der Waals surface area contributed by atoms with Gasteiger partial charge in [-0.05, 0) is 31.9 Å². The Hall–Kier alpha value is -3.16. The van der Waals surface area contributed by atoms with Crippen LogP contribution in [0.5, 0.6) is 0 Å². The van der Waals surface area contributed by atoms with Gasteiger partial charge in [-0.1, -0.05) is 25.1 Å². The Morgan fingerprint density at radius 2 is 2.00 bits per heavy atom.